The monoisotopic (exact) mass is 678 g/mol. The molecule has 0 saturated carbocycles. The lowest BCUT2D eigenvalue weighted by atomic mass is 9.74. The van der Waals surface area contributed by atoms with E-state index in [1.54, 1.807) is 0 Å². The number of benzene rings is 7. The molecule has 0 N–H and O–H groups in total. The molecule has 53 heavy (non-hydrogen) atoms. The van der Waals surface area contributed by atoms with Crippen LogP contribution in [-0.2, 0) is 5.41 Å². The van der Waals surface area contributed by atoms with Gasteiger partial charge in [0.2, 0.25) is 0 Å². The third-order valence-electron chi connectivity index (χ3n) is 12.2. The molecular formula is C51H38N2. The fraction of sp³-hybridized carbons (Fsp3) is 0.0980. The summed E-state index contributed by atoms with van der Waals surface area (Å²) in [5, 5.41) is 5.12. The molecule has 9 aromatic rings. The van der Waals surface area contributed by atoms with Gasteiger partial charge in [-0.15, -0.1) is 0 Å². The standard InChI is InChI=1S/C51H38N2/c1-51(2)45-20-9-6-17-39(45)40-26-25-38(32-46(40)51)53-48-22-11-8-19-42(48)44-31-36(24-28-50(44)53)35-23-27-49-43(30-35)41-18-7-10-21-47(41)52(49)37-16-12-15-34(29-37)33-13-4-3-5-14-33/h3-31,46H,32H2,1-2H3. The Morgan fingerprint density at radius 1 is 0.453 bits per heavy atom. The fourth-order valence-electron chi connectivity index (χ4n) is 9.61. The zero-order valence-electron chi connectivity index (χ0n) is 29.9. The summed E-state index contributed by atoms with van der Waals surface area (Å²) in [6.45, 7) is 4.85. The summed E-state index contributed by atoms with van der Waals surface area (Å²) in [4.78, 5) is 0. The molecule has 2 aromatic heterocycles. The van der Waals surface area contributed by atoms with Gasteiger partial charge < -0.3 is 9.13 Å². The fourth-order valence-corrected chi connectivity index (χ4v) is 9.61. The summed E-state index contributed by atoms with van der Waals surface area (Å²) in [7, 11) is 0. The molecule has 2 heterocycles. The summed E-state index contributed by atoms with van der Waals surface area (Å²) in [6.07, 6.45) is 5.79. The zero-order valence-corrected chi connectivity index (χ0v) is 29.9. The molecule has 7 aromatic carbocycles. The Balaban J connectivity index is 1.04. The molecule has 1 atom stereocenters. The minimum atomic E-state index is 0.0837. The van der Waals surface area contributed by atoms with Gasteiger partial charge in [-0.05, 0) is 111 Å². The third-order valence-corrected chi connectivity index (χ3v) is 12.2. The van der Waals surface area contributed by atoms with Crippen molar-refractivity contribution in [3.05, 3.63) is 187 Å². The molecule has 1 unspecified atom stereocenters. The van der Waals surface area contributed by atoms with E-state index in [0.717, 1.165) is 6.42 Å². The molecule has 0 radical (unpaired) electrons. The molecule has 0 aliphatic heterocycles. The predicted molar refractivity (Wildman–Crippen MR) is 224 cm³/mol. The van der Waals surface area contributed by atoms with E-state index in [-0.39, 0.29) is 5.41 Å². The molecule has 0 amide bonds. The summed E-state index contributed by atoms with van der Waals surface area (Å²) in [5.74, 6) is 0.449. The highest BCUT2D eigenvalue weighted by atomic mass is 15.0. The van der Waals surface area contributed by atoms with Gasteiger partial charge in [-0.25, -0.2) is 0 Å². The van der Waals surface area contributed by atoms with Crippen LogP contribution in [0.2, 0.25) is 0 Å². The van der Waals surface area contributed by atoms with Crippen LogP contribution < -0.4 is 0 Å². The Hall–Kier alpha value is -6.38. The minimum Gasteiger partial charge on any atom is -0.313 e. The molecule has 0 saturated heterocycles. The van der Waals surface area contributed by atoms with Crippen molar-refractivity contribution >= 4 is 54.9 Å². The largest absolute Gasteiger partial charge is 0.313 e. The first-order valence-electron chi connectivity index (χ1n) is 18.8. The number of hydrogen-bond donors (Lipinski definition) is 0. The second kappa shape index (κ2) is 11.3. The predicted octanol–water partition coefficient (Wildman–Crippen LogP) is 13.5. The number of aromatic nitrogens is 2. The Bertz CT molecular complexity index is 3000. The minimum absolute atomic E-state index is 0.0837. The van der Waals surface area contributed by atoms with Crippen molar-refractivity contribution in [2.75, 3.05) is 0 Å². The second-order valence-corrected chi connectivity index (χ2v) is 15.4. The first kappa shape index (κ1) is 30.3. The summed E-state index contributed by atoms with van der Waals surface area (Å²) in [6, 6.07) is 60.4. The molecular weight excluding hydrogens is 641 g/mol. The Morgan fingerprint density at radius 3 is 1.75 bits per heavy atom. The molecule has 11 rings (SSSR count). The van der Waals surface area contributed by atoms with E-state index in [1.165, 1.54) is 93.9 Å². The van der Waals surface area contributed by atoms with Gasteiger partial charge in [0.1, 0.15) is 0 Å². The number of hydrogen-bond acceptors (Lipinski definition) is 0. The van der Waals surface area contributed by atoms with Crippen molar-refractivity contribution in [2.45, 2.75) is 25.7 Å². The quantitative estimate of drug-likeness (QED) is 0.175. The Labute approximate surface area is 309 Å². The molecule has 2 heteroatoms. The molecule has 2 aliphatic rings. The van der Waals surface area contributed by atoms with Gasteiger partial charge in [0, 0.05) is 32.9 Å². The van der Waals surface area contributed by atoms with Crippen LogP contribution in [0.1, 0.15) is 31.4 Å². The highest BCUT2D eigenvalue weighted by molar-refractivity contribution is 6.13. The molecule has 2 aliphatic carbocycles. The van der Waals surface area contributed by atoms with Crippen LogP contribution in [0.4, 0.5) is 0 Å². The first-order chi connectivity index (χ1) is 26.0. The van der Waals surface area contributed by atoms with Gasteiger partial charge in [-0.3, -0.25) is 0 Å². The van der Waals surface area contributed by atoms with Crippen LogP contribution in [-0.4, -0.2) is 9.13 Å². The van der Waals surface area contributed by atoms with Crippen LogP contribution in [0.15, 0.2) is 176 Å². The van der Waals surface area contributed by atoms with Crippen molar-refractivity contribution in [1.29, 1.82) is 0 Å². The van der Waals surface area contributed by atoms with Crippen LogP contribution in [0.3, 0.4) is 0 Å². The maximum Gasteiger partial charge on any atom is 0.0541 e. The lowest BCUT2D eigenvalue weighted by Gasteiger charge is -2.32. The highest BCUT2D eigenvalue weighted by Crippen LogP contribution is 2.54. The maximum absolute atomic E-state index is 2.53. The lowest BCUT2D eigenvalue weighted by molar-refractivity contribution is 0.415. The number of allylic oxidation sites excluding steroid dienone is 4. The second-order valence-electron chi connectivity index (χ2n) is 15.4. The summed E-state index contributed by atoms with van der Waals surface area (Å²) >= 11 is 0. The highest BCUT2D eigenvalue weighted by Gasteiger charge is 2.44. The normalized spacial score (nSPS) is 16.2. The van der Waals surface area contributed by atoms with Crippen LogP contribution in [0.5, 0.6) is 0 Å². The van der Waals surface area contributed by atoms with Gasteiger partial charge >= 0.3 is 0 Å². The van der Waals surface area contributed by atoms with Gasteiger partial charge in [0.05, 0.1) is 22.1 Å². The number of para-hydroxylation sites is 2. The van der Waals surface area contributed by atoms with E-state index < -0.39 is 0 Å². The van der Waals surface area contributed by atoms with Crippen molar-refractivity contribution in [1.82, 2.24) is 9.13 Å². The average Bonchev–Trinajstić information content (AvgIpc) is 3.81. The van der Waals surface area contributed by atoms with Crippen molar-refractivity contribution < 1.29 is 0 Å². The average molecular weight is 679 g/mol. The molecule has 2 nitrogen and oxygen atoms in total. The van der Waals surface area contributed by atoms with Gasteiger partial charge in [-0.1, -0.05) is 135 Å². The van der Waals surface area contributed by atoms with E-state index in [2.05, 4.69) is 199 Å². The maximum atomic E-state index is 2.53. The van der Waals surface area contributed by atoms with Crippen molar-refractivity contribution in [3.8, 4) is 27.9 Å². The van der Waals surface area contributed by atoms with Gasteiger partial charge in [0.25, 0.3) is 0 Å². The Morgan fingerprint density at radius 2 is 1.02 bits per heavy atom. The van der Waals surface area contributed by atoms with Gasteiger partial charge in [-0.2, -0.15) is 0 Å². The number of fused-ring (bicyclic) bond motifs is 9. The Kier molecular flexibility index (Phi) is 6.46. The zero-order chi connectivity index (χ0) is 35.3. The molecule has 0 fully saturated rings. The third kappa shape index (κ3) is 4.45. The van der Waals surface area contributed by atoms with Crippen LogP contribution in [0.25, 0.3) is 82.8 Å². The van der Waals surface area contributed by atoms with Crippen LogP contribution in [0, 0.1) is 5.92 Å². The lowest BCUT2D eigenvalue weighted by Crippen LogP contribution is -2.25. The summed E-state index contributed by atoms with van der Waals surface area (Å²) in [5.41, 5.74) is 16.9. The van der Waals surface area contributed by atoms with Crippen molar-refractivity contribution in [2.24, 2.45) is 5.92 Å². The molecule has 0 spiro atoms. The number of rotatable bonds is 4. The molecule has 252 valence electrons. The smallest absolute Gasteiger partial charge is 0.0541 e. The summed E-state index contributed by atoms with van der Waals surface area (Å²) < 4.78 is 4.95. The SMILES string of the molecule is CC1(C)c2ccccc2C2=CC=C(n3c4ccccc4c4cc(-c5ccc6c(c5)c5ccccc5n6-c5cccc(-c6ccccc6)c5)ccc43)CC21. The topological polar surface area (TPSA) is 9.86 Å². The van der Waals surface area contributed by atoms with Gasteiger partial charge in [0.15, 0.2) is 0 Å². The van der Waals surface area contributed by atoms with Crippen molar-refractivity contribution in [3.63, 3.8) is 0 Å². The van der Waals surface area contributed by atoms with E-state index in [1.807, 2.05) is 0 Å². The van der Waals surface area contributed by atoms with E-state index in [4.69, 9.17) is 0 Å². The van der Waals surface area contributed by atoms with E-state index in [9.17, 15) is 0 Å². The van der Waals surface area contributed by atoms with E-state index >= 15 is 0 Å². The molecule has 0 bridgehead atoms. The number of nitrogens with zero attached hydrogens (tertiary/aromatic N) is 2. The van der Waals surface area contributed by atoms with Crippen LogP contribution >= 0.6 is 0 Å². The van der Waals surface area contributed by atoms with E-state index in [0.29, 0.717) is 5.92 Å². The first-order valence-corrected chi connectivity index (χ1v) is 18.8.